The van der Waals surface area contributed by atoms with E-state index in [0.717, 1.165) is 9.87 Å². The third-order valence-corrected chi connectivity index (χ3v) is 6.06. The molecule has 0 spiro atoms. The number of ether oxygens (including phenoxy) is 1. The van der Waals surface area contributed by atoms with Crippen LogP contribution in [0.3, 0.4) is 0 Å². The molecular formula is C19H21ClN2O5S. The van der Waals surface area contributed by atoms with Gasteiger partial charge < -0.3 is 10.1 Å². The number of nitrogens with one attached hydrogen (secondary N) is 1. The topological polar surface area (TPSA) is 92.8 Å². The van der Waals surface area contributed by atoms with Gasteiger partial charge in [0.2, 0.25) is 15.9 Å². The number of esters is 1. The van der Waals surface area contributed by atoms with E-state index in [-0.39, 0.29) is 11.3 Å². The highest BCUT2D eigenvalue weighted by Crippen LogP contribution is 2.17. The highest BCUT2D eigenvalue weighted by molar-refractivity contribution is 7.89. The summed E-state index contributed by atoms with van der Waals surface area (Å²) in [7, 11) is -1.36. The van der Waals surface area contributed by atoms with E-state index in [9.17, 15) is 18.0 Å². The number of hydrogen-bond donors (Lipinski definition) is 1. The number of hydrogen-bond acceptors (Lipinski definition) is 5. The van der Waals surface area contributed by atoms with E-state index in [2.05, 4.69) is 5.32 Å². The van der Waals surface area contributed by atoms with E-state index in [1.165, 1.54) is 38.4 Å². The Bertz CT molecular complexity index is 917. The van der Waals surface area contributed by atoms with Crippen molar-refractivity contribution in [1.29, 1.82) is 0 Å². The molecule has 0 saturated carbocycles. The molecule has 0 radical (unpaired) electrons. The molecule has 28 heavy (non-hydrogen) atoms. The van der Waals surface area contributed by atoms with Crippen LogP contribution in [0.2, 0.25) is 5.02 Å². The van der Waals surface area contributed by atoms with Crippen LogP contribution in [0.5, 0.6) is 0 Å². The van der Waals surface area contributed by atoms with E-state index < -0.39 is 34.5 Å². The molecule has 0 aliphatic heterocycles. The summed E-state index contributed by atoms with van der Waals surface area (Å²) >= 11 is 5.78. The van der Waals surface area contributed by atoms with Gasteiger partial charge in [-0.15, -0.1) is 0 Å². The van der Waals surface area contributed by atoms with Crippen molar-refractivity contribution < 1.29 is 22.7 Å². The van der Waals surface area contributed by atoms with Crippen molar-refractivity contribution in [3.63, 3.8) is 0 Å². The van der Waals surface area contributed by atoms with Crippen LogP contribution < -0.4 is 5.32 Å². The summed E-state index contributed by atoms with van der Waals surface area (Å²) in [6.45, 7) is -0.451. The average molecular weight is 425 g/mol. The van der Waals surface area contributed by atoms with Crippen LogP contribution in [0.1, 0.15) is 5.56 Å². The van der Waals surface area contributed by atoms with Crippen LogP contribution in [-0.2, 0) is 30.8 Å². The average Bonchev–Trinajstić information content (AvgIpc) is 2.67. The first kappa shape index (κ1) is 21.9. The normalized spacial score (nSPS) is 12.4. The smallest absolute Gasteiger partial charge is 0.328 e. The monoisotopic (exact) mass is 424 g/mol. The Morgan fingerprint density at radius 3 is 2.29 bits per heavy atom. The van der Waals surface area contributed by atoms with Crippen LogP contribution in [0, 0.1) is 0 Å². The van der Waals surface area contributed by atoms with Gasteiger partial charge in [-0.25, -0.2) is 13.2 Å². The Hall–Kier alpha value is -2.42. The fourth-order valence-electron chi connectivity index (χ4n) is 2.50. The first-order chi connectivity index (χ1) is 13.2. The highest BCUT2D eigenvalue weighted by atomic mass is 35.5. The van der Waals surface area contributed by atoms with Crippen molar-refractivity contribution in [2.45, 2.75) is 17.4 Å². The third kappa shape index (κ3) is 5.79. The molecule has 2 aromatic rings. The fourth-order valence-corrected chi connectivity index (χ4v) is 3.75. The molecule has 2 aromatic carbocycles. The van der Waals surface area contributed by atoms with Crippen molar-refractivity contribution in [2.24, 2.45) is 0 Å². The second-order valence-corrected chi connectivity index (χ2v) is 8.53. The Labute approximate surface area is 169 Å². The minimum atomic E-state index is -3.87. The molecule has 0 saturated heterocycles. The standard InChI is InChI=1S/C19H21ClN2O5S/c1-22(28(25,26)16-10-8-15(20)9-11-16)13-18(23)21-17(19(24)27-2)12-14-6-4-3-5-7-14/h3-11,17H,12-13H2,1-2H3,(H,21,23)/t17-/m1/s1. The SMILES string of the molecule is COC(=O)[C@@H](Cc1ccccc1)NC(=O)CN(C)S(=O)(=O)c1ccc(Cl)cc1. The molecule has 1 N–H and O–H groups in total. The van der Waals surface area contributed by atoms with E-state index in [1.807, 2.05) is 30.3 Å². The molecule has 9 heteroatoms. The Kier molecular flexibility index (Phi) is 7.56. The molecule has 0 fully saturated rings. The molecule has 0 aliphatic rings. The number of sulfonamides is 1. The number of methoxy groups -OCH3 is 1. The molecule has 0 unspecified atom stereocenters. The minimum Gasteiger partial charge on any atom is -0.467 e. The zero-order valence-electron chi connectivity index (χ0n) is 15.5. The fraction of sp³-hybridized carbons (Fsp3) is 0.263. The van der Waals surface area contributed by atoms with Gasteiger partial charge in [0.15, 0.2) is 0 Å². The predicted octanol–water partition coefficient (Wildman–Crippen LogP) is 1.86. The van der Waals surface area contributed by atoms with E-state index in [4.69, 9.17) is 16.3 Å². The summed E-state index contributed by atoms with van der Waals surface area (Å²) in [4.78, 5) is 24.4. The van der Waals surface area contributed by atoms with Gasteiger partial charge >= 0.3 is 5.97 Å². The van der Waals surface area contributed by atoms with Crippen molar-refractivity contribution in [1.82, 2.24) is 9.62 Å². The Morgan fingerprint density at radius 2 is 1.71 bits per heavy atom. The second-order valence-electron chi connectivity index (χ2n) is 6.05. The van der Waals surface area contributed by atoms with Crippen LogP contribution in [0.4, 0.5) is 0 Å². The van der Waals surface area contributed by atoms with Crippen LogP contribution in [-0.4, -0.2) is 51.3 Å². The second kappa shape index (κ2) is 9.68. The summed E-state index contributed by atoms with van der Waals surface area (Å²) in [5, 5.41) is 2.94. The number of carbonyl (C=O) groups excluding carboxylic acids is 2. The maximum atomic E-state index is 12.6. The quantitative estimate of drug-likeness (QED) is 0.653. The molecule has 150 valence electrons. The van der Waals surface area contributed by atoms with Crippen molar-refractivity contribution >= 4 is 33.5 Å². The number of carbonyl (C=O) groups is 2. The lowest BCUT2D eigenvalue weighted by Gasteiger charge is -2.20. The summed E-state index contributed by atoms with van der Waals surface area (Å²) in [6.07, 6.45) is 0.229. The maximum absolute atomic E-state index is 12.6. The van der Waals surface area contributed by atoms with E-state index in [1.54, 1.807) is 0 Å². The lowest BCUT2D eigenvalue weighted by molar-refractivity contribution is -0.145. The molecular weight excluding hydrogens is 404 g/mol. The molecule has 1 atom stereocenters. The lowest BCUT2D eigenvalue weighted by atomic mass is 10.1. The first-order valence-corrected chi connectivity index (χ1v) is 10.2. The molecule has 0 heterocycles. The molecule has 1 amide bonds. The Morgan fingerprint density at radius 1 is 1.11 bits per heavy atom. The zero-order valence-corrected chi connectivity index (χ0v) is 17.0. The number of likely N-dealkylation sites (N-methyl/N-ethyl adjacent to an activating group) is 1. The first-order valence-electron chi connectivity index (χ1n) is 8.37. The largest absolute Gasteiger partial charge is 0.467 e. The summed E-state index contributed by atoms with van der Waals surface area (Å²) in [5.41, 5.74) is 0.834. The van der Waals surface area contributed by atoms with Gasteiger partial charge in [0, 0.05) is 18.5 Å². The van der Waals surface area contributed by atoms with E-state index in [0.29, 0.717) is 5.02 Å². The zero-order chi connectivity index (χ0) is 20.7. The van der Waals surface area contributed by atoms with Crippen molar-refractivity contribution in [3.8, 4) is 0 Å². The maximum Gasteiger partial charge on any atom is 0.328 e. The van der Waals surface area contributed by atoms with Gasteiger partial charge in [0.25, 0.3) is 0 Å². The van der Waals surface area contributed by atoms with E-state index >= 15 is 0 Å². The Balaban J connectivity index is 2.06. The predicted molar refractivity (Wildman–Crippen MR) is 105 cm³/mol. The molecule has 7 nitrogen and oxygen atoms in total. The van der Waals surface area contributed by atoms with Gasteiger partial charge in [0.05, 0.1) is 18.6 Å². The summed E-state index contributed by atoms with van der Waals surface area (Å²) in [6, 6.07) is 13.8. The van der Waals surface area contributed by atoms with Crippen LogP contribution in [0.15, 0.2) is 59.5 Å². The van der Waals surface area contributed by atoms with Gasteiger partial charge in [-0.3, -0.25) is 4.79 Å². The third-order valence-electron chi connectivity index (χ3n) is 3.99. The number of halogens is 1. The lowest BCUT2D eigenvalue weighted by Crippen LogP contribution is -2.47. The van der Waals surface area contributed by atoms with Gasteiger partial charge in [-0.2, -0.15) is 4.31 Å². The van der Waals surface area contributed by atoms with Crippen molar-refractivity contribution in [3.05, 3.63) is 65.2 Å². The number of amides is 1. The van der Waals surface area contributed by atoms with Gasteiger partial charge in [-0.05, 0) is 29.8 Å². The molecule has 2 rings (SSSR count). The van der Waals surface area contributed by atoms with Crippen LogP contribution in [0.25, 0.3) is 0 Å². The minimum absolute atomic E-state index is 0.0148. The molecule has 0 bridgehead atoms. The summed E-state index contributed by atoms with van der Waals surface area (Å²) in [5.74, 6) is -1.23. The molecule has 0 aromatic heterocycles. The number of benzene rings is 2. The van der Waals surface area contributed by atoms with Crippen LogP contribution >= 0.6 is 11.6 Å². The van der Waals surface area contributed by atoms with Gasteiger partial charge in [-0.1, -0.05) is 41.9 Å². The number of nitrogens with zero attached hydrogens (tertiary/aromatic N) is 1. The number of rotatable bonds is 8. The highest BCUT2D eigenvalue weighted by Gasteiger charge is 2.26. The van der Waals surface area contributed by atoms with Crippen molar-refractivity contribution in [2.75, 3.05) is 20.7 Å². The summed E-state index contributed by atoms with van der Waals surface area (Å²) < 4.78 is 30.8. The molecule has 0 aliphatic carbocycles. The van der Waals surface area contributed by atoms with Gasteiger partial charge in [0.1, 0.15) is 6.04 Å².